The van der Waals surface area contributed by atoms with Crippen LogP contribution in [0, 0.1) is 23.6 Å². The highest BCUT2D eigenvalue weighted by Gasteiger charge is 2.27. The van der Waals surface area contributed by atoms with Crippen LogP contribution < -0.4 is 10.2 Å². The molecule has 1 heterocycles. The van der Waals surface area contributed by atoms with Crippen LogP contribution in [0.25, 0.3) is 0 Å². The lowest BCUT2D eigenvalue weighted by molar-refractivity contribution is 0.494. The molecule has 20 heavy (non-hydrogen) atoms. The maximum absolute atomic E-state index is 14.2. The molecule has 0 aliphatic carbocycles. The number of hydrogen-bond acceptors (Lipinski definition) is 2. The second-order valence-corrected chi connectivity index (χ2v) is 6.62. The van der Waals surface area contributed by atoms with Gasteiger partial charge in [-0.15, -0.1) is 0 Å². The maximum Gasteiger partial charge on any atom is 0.129 e. The Balaban J connectivity index is 2.14. The van der Waals surface area contributed by atoms with Gasteiger partial charge in [0.25, 0.3) is 0 Å². The van der Waals surface area contributed by atoms with Gasteiger partial charge in [-0.05, 0) is 36.4 Å². The first-order valence-corrected chi connectivity index (χ1v) is 7.72. The first kappa shape index (κ1) is 15.3. The third-order valence-corrected chi connectivity index (χ3v) is 4.28. The van der Waals surface area contributed by atoms with E-state index in [0.717, 1.165) is 30.9 Å². The lowest BCUT2D eigenvalue weighted by atomic mass is 10.0. The highest BCUT2D eigenvalue weighted by atomic mass is 19.1. The highest BCUT2D eigenvalue weighted by molar-refractivity contribution is 5.55. The number of benzene rings is 1. The lowest BCUT2D eigenvalue weighted by Crippen LogP contribution is -2.25. The van der Waals surface area contributed by atoms with Crippen molar-refractivity contribution in [3.05, 3.63) is 29.6 Å². The van der Waals surface area contributed by atoms with E-state index in [1.165, 1.54) is 0 Å². The average Bonchev–Trinajstić information content (AvgIpc) is 2.71. The molecule has 1 saturated heterocycles. The Hall–Kier alpha value is -1.09. The van der Waals surface area contributed by atoms with Crippen molar-refractivity contribution in [2.75, 3.05) is 24.5 Å². The summed E-state index contributed by atoms with van der Waals surface area (Å²) in [4.78, 5) is 2.34. The normalized spacial score (nSPS) is 22.8. The first-order chi connectivity index (χ1) is 9.49. The van der Waals surface area contributed by atoms with Crippen molar-refractivity contribution in [2.45, 2.75) is 34.2 Å². The Morgan fingerprint density at radius 2 is 1.90 bits per heavy atom. The molecular formula is C17H27FN2. The number of hydrogen-bond donors (Lipinski definition) is 1. The van der Waals surface area contributed by atoms with E-state index in [4.69, 9.17) is 0 Å². The zero-order valence-corrected chi connectivity index (χ0v) is 13.1. The van der Waals surface area contributed by atoms with Crippen LogP contribution >= 0.6 is 0 Å². The fourth-order valence-corrected chi connectivity index (χ4v) is 2.83. The summed E-state index contributed by atoms with van der Waals surface area (Å²) in [6.07, 6.45) is 0. The summed E-state index contributed by atoms with van der Waals surface area (Å²) in [5.41, 5.74) is 1.88. The Bertz CT molecular complexity index is 435. The first-order valence-electron chi connectivity index (χ1n) is 7.72. The lowest BCUT2D eigenvalue weighted by Gasteiger charge is -2.23. The summed E-state index contributed by atoms with van der Waals surface area (Å²) in [5, 5.41) is 3.36. The van der Waals surface area contributed by atoms with E-state index in [1.807, 2.05) is 6.07 Å². The summed E-state index contributed by atoms with van der Waals surface area (Å²) < 4.78 is 14.2. The van der Waals surface area contributed by atoms with Crippen LogP contribution in [0.3, 0.4) is 0 Å². The van der Waals surface area contributed by atoms with Crippen LogP contribution in [0.5, 0.6) is 0 Å². The van der Waals surface area contributed by atoms with Crippen LogP contribution in [-0.4, -0.2) is 19.6 Å². The molecule has 1 fully saturated rings. The molecule has 0 saturated carbocycles. The Kier molecular flexibility index (Phi) is 5.03. The molecule has 0 aromatic heterocycles. The van der Waals surface area contributed by atoms with Crippen LogP contribution in [0.2, 0.25) is 0 Å². The minimum absolute atomic E-state index is 0.0917. The number of halogens is 1. The van der Waals surface area contributed by atoms with E-state index < -0.39 is 0 Å². The molecule has 1 N–H and O–H groups in total. The van der Waals surface area contributed by atoms with Gasteiger partial charge in [0, 0.05) is 30.9 Å². The molecule has 1 aliphatic rings. The van der Waals surface area contributed by atoms with Gasteiger partial charge in [-0.3, -0.25) is 0 Å². The topological polar surface area (TPSA) is 15.3 Å². The number of nitrogens with one attached hydrogen (secondary N) is 1. The van der Waals surface area contributed by atoms with Crippen molar-refractivity contribution in [1.29, 1.82) is 0 Å². The van der Waals surface area contributed by atoms with Crippen molar-refractivity contribution >= 4 is 5.69 Å². The monoisotopic (exact) mass is 278 g/mol. The minimum Gasteiger partial charge on any atom is -0.371 e. The molecule has 2 atom stereocenters. The summed E-state index contributed by atoms with van der Waals surface area (Å²) in [7, 11) is 0. The van der Waals surface area contributed by atoms with Crippen molar-refractivity contribution in [1.82, 2.24) is 5.32 Å². The number of anilines is 1. The predicted molar refractivity (Wildman–Crippen MR) is 83.5 cm³/mol. The quantitative estimate of drug-likeness (QED) is 0.884. The second-order valence-electron chi connectivity index (χ2n) is 6.62. The van der Waals surface area contributed by atoms with Crippen molar-refractivity contribution in [2.24, 2.45) is 17.8 Å². The Labute approximate surface area is 122 Å². The van der Waals surface area contributed by atoms with E-state index in [0.29, 0.717) is 24.3 Å². The van der Waals surface area contributed by atoms with Gasteiger partial charge in [-0.25, -0.2) is 4.39 Å². The Morgan fingerprint density at radius 1 is 1.25 bits per heavy atom. The van der Waals surface area contributed by atoms with E-state index >= 15 is 0 Å². The maximum atomic E-state index is 14.2. The molecule has 0 spiro atoms. The molecule has 2 rings (SSSR count). The SMILES string of the molecule is CC(C)CNCc1c(F)cccc1N1CC(C)C(C)C1. The molecule has 0 bridgehead atoms. The molecular weight excluding hydrogens is 251 g/mol. The molecule has 3 heteroatoms. The van der Waals surface area contributed by atoms with Gasteiger partial charge < -0.3 is 10.2 Å². The summed E-state index contributed by atoms with van der Waals surface area (Å²) >= 11 is 0. The van der Waals surface area contributed by atoms with Crippen LogP contribution in [0.1, 0.15) is 33.3 Å². The molecule has 1 aromatic carbocycles. The van der Waals surface area contributed by atoms with Crippen molar-refractivity contribution in [3.8, 4) is 0 Å². The third kappa shape index (κ3) is 3.51. The molecule has 1 aromatic rings. The summed E-state index contributed by atoms with van der Waals surface area (Å²) in [6, 6.07) is 5.45. The van der Waals surface area contributed by atoms with E-state index in [2.05, 4.69) is 44.0 Å². The predicted octanol–water partition coefficient (Wildman–Crippen LogP) is 3.66. The Morgan fingerprint density at radius 3 is 2.50 bits per heavy atom. The molecule has 2 unspecified atom stereocenters. The zero-order valence-electron chi connectivity index (χ0n) is 13.1. The van der Waals surface area contributed by atoms with Gasteiger partial charge in [0.2, 0.25) is 0 Å². The van der Waals surface area contributed by atoms with E-state index in [1.54, 1.807) is 6.07 Å². The summed E-state index contributed by atoms with van der Waals surface area (Å²) in [6.45, 7) is 12.5. The van der Waals surface area contributed by atoms with Gasteiger partial charge in [-0.2, -0.15) is 0 Å². The van der Waals surface area contributed by atoms with Gasteiger partial charge in [0.05, 0.1) is 0 Å². The summed E-state index contributed by atoms with van der Waals surface area (Å²) in [5.74, 6) is 1.84. The van der Waals surface area contributed by atoms with Gasteiger partial charge >= 0.3 is 0 Å². The smallest absolute Gasteiger partial charge is 0.129 e. The fraction of sp³-hybridized carbons (Fsp3) is 0.647. The minimum atomic E-state index is -0.0917. The third-order valence-electron chi connectivity index (χ3n) is 4.28. The van der Waals surface area contributed by atoms with Crippen LogP contribution in [-0.2, 0) is 6.54 Å². The van der Waals surface area contributed by atoms with E-state index in [-0.39, 0.29) is 5.82 Å². The molecule has 1 aliphatic heterocycles. The van der Waals surface area contributed by atoms with Crippen molar-refractivity contribution < 1.29 is 4.39 Å². The average molecular weight is 278 g/mol. The van der Waals surface area contributed by atoms with Crippen LogP contribution in [0.4, 0.5) is 10.1 Å². The van der Waals surface area contributed by atoms with Gasteiger partial charge in [-0.1, -0.05) is 33.8 Å². The van der Waals surface area contributed by atoms with Gasteiger partial charge in [0.1, 0.15) is 5.82 Å². The highest BCUT2D eigenvalue weighted by Crippen LogP contribution is 2.31. The molecule has 2 nitrogen and oxygen atoms in total. The number of nitrogens with zero attached hydrogens (tertiary/aromatic N) is 1. The second kappa shape index (κ2) is 6.57. The zero-order chi connectivity index (χ0) is 14.7. The molecule has 112 valence electrons. The fourth-order valence-electron chi connectivity index (χ4n) is 2.83. The van der Waals surface area contributed by atoms with Crippen molar-refractivity contribution in [3.63, 3.8) is 0 Å². The molecule has 0 radical (unpaired) electrons. The van der Waals surface area contributed by atoms with Crippen LogP contribution in [0.15, 0.2) is 18.2 Å². The largest absolute Gasteiger partial charge is 0.371 e. The number of rotatable bonds is 5. The molecule has 0 amide bonds. The van der Waals surface area contributed by atoms with E-state index in [9.17, 15) is 4.39 Å². The standard InChI is InChI=1S/C17H27FN2/c1-12(2)8-19-9-15-16(18)6-5-7-17(15)20-10-13(3)14(4)11-20/h5-7,12-14,19H,8-11H2,1-4H3. The van der Waals surface area contributed by atoms with Gasteiger partial charge in [0.15, 0.2) is 0 Å².